The van der Waals surface area contributed by atoms with Gasteiger partial charge < -0.3 is 15.0 Å². The van der Waals surface area contributed by atoms with Gasteiger partial charge in [-0.15, -0.1) is 0 Å². The van der Waals surface area contributed by atoms with Gasteiger partial charge in [-0.05, 0) is 30.2 Å². The van der Waals surface area contributed by atoms with E-state index in [2.05, 4.69) is 44.5 Å². The summed E-state index contributed by atoms with van der Waals surface area (Å²) in [6, 6.07) is 18.4. The van der Waals surface area contributed by atoms with Crippen LogP contribution in [-0.2, 0) is 22.5 Å². The van der Waals surface area contributed by atoms with Gasteiger partial charge in [-0.1, -0.05) is 54.2 Å². The number of nitrogens with zero attached hydrogens (tertiary/aromatic N) is 2. The molecule has 0 radical (unpaired) electrons. The van der Waals surface area contributed by atoms with Crippen LogP contribution in [0.4, 0.5) is 5.69 Å². The number of carbonyl (C=O) groups excluding carboxylic acids is 1. The lowest BCUT2D eigenvalue weighted by Gasteiger charge is -2.26. The Balaban J connectivity index is 1.25. The second-order valence-electron chi connectivity index (χ2n) is 7.70. The largest absolute Gasteiger partial charge is 0.379 e. The fourth-order valence-electron chi connectivity index (χ4n) is 3.54. The van der Waals surface area contributed by atoms with Gasteiger partial charge in [-0.3, -0.25) is 9.69 Å². The molecule has 2 aromatic carbocycles. The maximum atomic E-state index is 12.4. The molecule has 4 rings (SSSR count). The Bertz CT molecular complexity index is 983. The number of ether oxygens (including phenoxy) is 1. The van der Waals surface area contributed by atoms with Crippen LogP contribution in [0.5, 0.6) is 0 Å². The number of morpholine rings is 1. The van der Waals surface area contributed by atoms with Crippen molar-refractivity contribution < 1.29 is 9.53 Å². The number of aromatic amines is 1. The van der Waals surface area contributed by atoms with Crippen molar-refractivity contribution in [3.63, 3.8) is 0 Å². The molecule has 1 fully saturated rings. The molecule has 2 heterocycles. The van der Waals surface area contributed by atoms with Crippen molar-refractivity contribution in [2.75, 3.05) is 37.4 Å². The minimum Gasteiger partial charge on any atom is -0.379 e. The van der Waals surface area contributed by atoms with Crippen molar-refractivity contribution in [2.45, 2.75) is 25.0 Å². The van der Waals surface area contributed by atoms with Crippen LogP contribution in [0.3, 0.4) is 0 Å². The fraction of sp³-hybridized carbons (Fsp3) is 0.333. The number of aromatic nitrogens is 2. The monoisotopic (exact) mass is 436 g/mol. The minimum atomic E-state index is -0.0374. The summed E-state index contributed by atoms with van der Waals surface area (Å²) in [7, 11) is 0. The van der Waals surface area contributed by atoms with Crippen molar-refractivity contribution in [1.29, 1.82) is 0 Å². The van der Waals surface area contributed by atoms with Crippen LogP contribution < -0.4 is 5.32 Å². The van der Waals surface area contributed by atoms with Crippen molar-refractivity contribution in [2.24, 2.45) is 0 Å². The standard InChI is InChI=1S/C24H28N4O2S/c1-18-22(15-19-5-3-2-4-6-19)27-24(25-18)31-17-23(29)26-21-9-7-20(8-10-21)16-28-11-13-30-14-12-28/h2-10H,11-17H2,1H3,(H,25,27)(H,26,29). The number of hydrogen-bond acceptors (Lipinski definition) is 5. The van der Waals surface area contributed by atoms with Crippen LogP contribution in [0.2, 0.25) is 0 Å². The zero-order valence-corrected chi connectivity index (χ0v) is 18.6. The van der Waals surface area contributed by atoms with E-state index in [1.165, 1.54) is 22.9 Å². The van der Waals surface area contributed by atoms with E-state index in [-0.39, 0.29) is 5.91 Å². The molecular weight excluding hydrogens is 408 g/mol. The Morgan fingerprint density at radius 2 is 1.84 bits per heavy atom. The van der Waals surface area contributed by atoms with Gasteiger partial charge in [0.25, 0.3) is 0 Å². The lowest BCUT2D eigenvalue weighted by atomic mass is 10.1. The molecule has 1 amide bonds. The highest BCUT2D eigenvalue weighted by molar-refractivity contribution is 7.99. The number of nitrogens with one attached hydrogen (secondary N) is 2. The Morgan fingerprint density at radius 1 is 1.10 bits per heavy atom. The molecule has 31 heavy (non-hydrogen) atoms. The molecule has 7 heteroatoms. The molecule has 0 unspecified atom stereocenters. The van der Waals surface area contributed by atoms with Crippen molar-refractivity contribution >= 4 is 23.4 Å². The molecule has 0 aliphatic carbocycles. The molecule has 1 aliphatic heterocycles. The third-order valence-corrected chi connectivity index (χ3v) is 6.14. The molecule has 6 nitrogen and oxygen atoms in total. The average Bonchev–Trinajstić information content (AvgIpc) is 3.14. The number of benzene rings is 2. The summed E-state index contributed by atoms with van der Waals surface area (Å²) in [4.78, 5) is 22.7. The number of thioether (sulfide) groups is 1. The maximum absolute atomic E-state index is 12.4. The molecule has 162 valence electrons. The SMILES string of the molecule is Cc1[nH]c(SCC(=O)Nc2ccc(CN3CCOCC3)cc2)nc1Cc1ccccc1. The number of imidazole rings is 1. The minimum absolute atomic E-state index is 0.0374. The van der Waals surface area contributed by atoms with Crippen LogP contribution in [0.25, 0.3) is 0 Å². The second-order valence-corrected chi connectivity index (χ2v) is 8.66. The molecule has 2 N–H and O–H groups in total. The molecule has 0 atom stereocenters. The molecule has 1 aliphatic rings. The van der Waals surface area contributed by atoms with E-state index < -0.39 is 0 Å². The van der Waals surface area contributed by atoms with Crippen LogP contribution >= 0.6 is 11.8 Å². The highest BCUT2D eigenvalue weighted by Crippen LogP contribution is 2.20. The Kier molecular flexibility index (Phi) is 7.40. The van der Waals surface area contributed by atoms with Gasteiger partial charge in [0.2, 0.25) is 5.91 Å². The number of anilines is 1. The third-order valence-electron chi connectivity index (χ3n) is 5.27. The summed E-state index contributed by atoms with van der Waals surface area (Å²) in [5, 5.41) is 3.75. The summed E-state index contributed by atoms with van der Waals surface area (Å²) < 4.78 is 5.39. The van der Waals surface area contributed by atoms with Crippen molar-refractivity contribution in [3.8, 4) is 0 Å². The first-order valence-corrected chi connectivity index (χ1v) is 11.6. The first-order chi connectivity index (χ1) is 15.2. The van der Waals surface area contributed by atoms with E-state index in [4.69, 9.17) is 4.74 Å². The zero-order chi connectivity index (χ0) is 21.5. The number of carbonyl (C=O) groups is 1. The van der Waals surface area contributed by atoms with Gasteiger partial charge in [-0.2, -0.15) is 0 Å². The highest BCUT2D eigenvalue weighted by atomic mass is 32.2. The molecule has 1 aromatic heterocycles. The van der Waals surface area contributed by atoms with Gasteiger partial charge in [0.05, 0.1) is 24.7 Å². The summed E-state index contributed by atoms with van der Waals surface area (Å²) in [6.07, 6.45) is 0.784. The van der Waals surface area contributed by atoms with Crippen LogP contribution in [0.15, 0.2) is 59.8 Å². The predicted molar refractivity (Wildman–Crippen MR) is 124 cm³/mol. The molecule has 3 aromatic rings. The topological polar surface area (TPSA) is 70.2 Å². The predicted octanol–water partition coefficient (Wildman–Crippen LogP) is 3.87. The molecule has 0 spiro atoms. The number of aryl methyl sites for hydroxylation is 1. The van der Waals surface area contributed by atoms with Crippen LogP contribution in [0.1, 0.15) is 22.5 Å². The Hall–Kier alpha value is -2.61. The van der Waals surface area contributed by atoms with E-state index in [0.29, 0.717) is 5.75 Å². The Morgan fingerprint density at radius 3 is 2.58 bits per heavy atom. The molecular formula is C24H28N4O2S. The van der Waals surface area contributed by atoms with Gasteiger partial charge in [0, 0.05) is 37.4 Å². The van der Waals surface area contributed by atoms with Gasteiger partial charge in [-0.25, -0.2) is 4.98 Å². The summed E-state index contributed by atoms with van der Waals surface area (Å²) in [6.45, 7) is 6.47. The number of H-pyrrole nitrogens is 1. The van der Waals surface area contributed by atoms with Crippen LogP contribution in [-0.4, -0.2) is 52.8 Å². The molecule has 0 bridgehead atoms. The number of hydrogen-bond donors (Lipinski definition) is 2. The normalized spacial score (nSPS) is 14.5. The van der Waals surface area contributed by atoms with Gasteiger partial charge >= 0.3 is 0 Å². The maximum Gasteiger partial charge on any atom is 0.234 e. The fourth-order valence-corrected chi connectivity index (χ4v) is 4.28. The number of amides is 1. The Labute approximate surface area is 187 Å². The lowest BCUT2D eigenvalue weighted by Crippen LogP contribution is -2.35. The summed E-state index contributed by atoms with van der Waals surface area (Å²) >= 11 is 1.42. The van der Waals surface area contributed by atoms with E-state index >= 15 is 0 Å². The first kappa shape index (κ1) is 21.6. The third kappa shape index (κ3) is 6.43. The van der Waals surface area contributed by atoms with E-state index in [0.717, 1.165) is 61.5 Å². The summed E-state index contributed by atoms with van der Waals surface area (Å²) in [5.41, 5.74) is 5.35. The van der Waals surface area contributed by atoms with E-state index in [1.807, 2.05) is 37.3 Å². The molecule has 0 saturated carbocycles. The summed E-state index contributed by atoms with van der Waals surface area (Å²) in [5.74, 6) is 0.275. The number of rotatable bonds is 8. The first-order valence-electron chi connectivity index (χ1n) is 10.6. The average molecular weight is 437 g/mol. The quantitative estimate of drug-likeness (QED) is 0.525. The van der Waals surface area contributed by atoms with Crippen LogP contribution in [0, 0.1) is 6.92 Å². The van der Waals surface area contributed by atoms with Gasteiger partial charge in [0.15, 0.2) is 5.16 Å². The van der Waals surface area contributed by atoms with Gasteiger partial charge in [0.1, 0.15) is 0 Å². The van der Waals surface area contributed by atoms with Crippen molar-refractivity contribution in [3.05, 3.63) is 77.1 Å². The zero-order valence-electron chi connectivity index (χ0n) is 17.8. The highest BCUT2D eigenvalue weighted by Gasteiger charge is 2.12. The smallest absolute Gasteiger partial charge is 0.234 e. The van der Waals surface area contributed by atoms with E-state index in [9.17, 15) is 4.79 Å². The lowest BCUT2D eigenvalue weighted by molar-refractivity contribution is -0.113. The molecule has 1 saturated heterocycles. The van der Waals surface area contributed by atoms with Crippen molar-refractivity contribution in [1.82, 2.24) is 14.9 Å². The van der Waals surface area contributed by atoms with E-state index in [1.54, 1.807) is 0 Å². The second kappa shape index (κ2) is 10.6.